The first-order chi connectivity index (χ1) is 17.3. The van der Waals surface area contributed by atoms with Crippen molar-refractivity contribution in [2.75, 3.05) is 71.7 Å². The second kappa shape index (κ2) is 13.7. The van der Waals surface area contributed by atoms with Gasteiger partial charge in [-0.05, 0) is 54.8 Å². The van der Waals surface area contributed by atoms with E-state index in [0.717, 1.165) is 82.4 Å². The van der Waals surface area contributed by atoms with Gasteiger partial charge in [0.25, 0.3) is 0 Å². The number of hydrogen-bond acceptors (Lipinski definition) is 7. The smallest absolute Gasteiger partial charge is 0.142 e. The molecule has 2 aliphatic rings. The number of benzene rings is 2. The predicted molar refractivity (Wildman–Crippen MR) is 138 cm³/mol. The van der Waals surface area contributed by atoms with Crippen molar-refractivity contribution < 1.29 is 23.7 Å². The third-order valence-electron chi connectivity index (χ3n) is 6.72. The summed E-state index contributed by atoms with van der Waals surface area (Å²) in [6, 6.07) is 14.9. The van der Waals surface area contributed by atoms with E-state index < -0.39 is 0 Å². The van der Waals surface area contributed by atoms with Crippen molar-refractivity contribution in [3.8, 4) is 11.5 Å². The molecule has 35 heavy (non-hydrogen) atoms. The summed E-state index contributed by atoms with van der Waals surface area (Å²) < 4.78 is 28.5. The Labute approximate surface area is 209 Å². The first-order valence-corrected chi connectivity index (χ1v) is 12.8. The molecule has 0 aromatic heterocycles. The molecule has 1 N–H and O–H groups in total. The molecular weight excluding hydrogens is 444 g/mol. The van der Waals surface area contributed by atoms with E-state index in [9.17, 15) is 0 Å². The Morgan fingerprint density at radius 3 is 2.66 bits per heavy atom. The van der Waals surface area contributed by atoms with E-state index in [1.54, 1.807) is 14.2 Å². The van der Waals surface area contributed by atoms with E-state index in [0.29, 0.717) is 19.1 Å². The molecule has 2 aromatic carbocycles. The molecule has 2 aliphatic heterocycles. The molecule has 2 atom stereocenters. The zero-order valence-corrected chi connectivity index (χ0v) is 21.2. The van der Waals surface area contributed by atoms with E-state index >= 15 is 0 Å². The monoisotopic (exact) mass is 484 g/mol. The van der Waals surface area contributed by atoms with Crippen LogP contribution in [-0.2, 0) is 20.8 Å². The largest absolute Gasteiger partial charge is 0.494 e. The number of rotatable bonds is 13. The Balaban J connectivity index is 1.35. The third-order valence-corrected chi connectivity index (χ3v) is 6.72. The van der Waals surface area contributed by atoms with Crippen molar-refractivity contribution in [1.29, 1.82) is 0 Å². The maximum Gasteiger partial charge on any atom is 0.142 e. The zero-order chi connectivity index (χ0) is 24.3. The average Bonchev–Trinajstić information content (AvgIpc) is 2.91. The van der Waals surface area contributed by atoms with E-state index in [4.69, 9.17) is 23.7 Å². The van der Waals surface area contributed by atoms with Gasteiger partial charge in [0.15, 0.2) is 0 Å². The average molecular weight is 485 g/mol. The van der Waals surface area contributed by atoms with Crippen LogP contribution in [0.1, 0.15) is 36.3 Å². The highest BCUT2D eigenvalue weighted by molar-refractivity contribution is 5.61. The summed E-state index contributed by atoms with van der Waals surface area (Å²) in [6.45, 7) is 7.20. The van der Waals surface area contributed by atoms with Gasteiger partial charge in [0.1, 0.15) is 18.1 Å². The molecular formula is C28H40N2O5. The lowest BCUT2D eigenvalue weighted by Gasteiger charge is -2.33. The maximum atomic E-state index is 6.50. The van der Waals surface area contributed by atoms with E-state index in [-0.39, 0.29) is 6.10 Å². The van der Waals surface area contributed by atoms with Crippen molar-refractivity contribution in [3.05, 3.63) is 53.6 Å². The molecule has 0 radical (unpaired) electrons. The summed E-state index contributed by atoms with van der Waals surface area (Å²) in [5, 5.41) is 3.51. The van der Waals surface area contributed by atoms with Crippen LogP contribution in [0.4, 0.5) is 5.69 Å². The van der Waals surface area contributed by atoms with Crippen LogP contribution in [0.5, 0.6) is 11.5 Å². The lowest BCUT2D eigenvalue weighted by atomic mass is 9.87. The number of nitrogens with one attached hydrogen (secondary N) is 1. The van der Waals surface area contributed by atoms with Gasteiger partial charge in [-0.3, -0.25) is 0 Å². The van der Waals surface area contributed by atoms with Gasteiger partial charge in [0, 0.05) is 52.9 Å². The minimum atomic E-state index is 0.127. The van der Waals surface area contributed by atoms with Crippen LogP contribution in [0.25, 0.3) is 0 Å². The van der Waals surface area contributed by atoms with Crippen LogP contribution in [0.2, 0.25) is 0 Å². The summed E-state index contributed by atoms with van der Waals surface area (Å²) in [5.74, 6) is 2.23. The highest BCUT2D eigenvalue weighted by atomic mass is 16.5. The van der Waals surface area contributed by atoms with E-state index in [1.165, 1.54) is 11.1 Å². The van der Waals surface area contributed by atoms with Gasteiger partial charge in [-0.25, -0.2) is 0 Å². The van der Waals surface area contributed by atoms with Gasteiger partial charge >= 0.3 is 0 Å². The molecule has 1 saturated heterocycles. The number of ether oxygens (including phenoxy) is 5. The molecule has 2 heterocycles. The number of piperidine rings is 1. The molecule has 7 heteroatoms. The van der Waals surface area contributed by atoms with Crippen molar-refractivity contribution >= 4 is 5.69 Å². The Bertz CT molecular complexity index is 891. The number of hydrogen-bond donors (Lipinski definition) is 1. The summed E-state index contributed by atoms with van der Waals surface area (Å²) in [5.41, 5.74) is 3.65. The minimum absolute atomic E-state index is 0.127. The first kappa shape index (κ1) is 25.8. The van der Waals surface area contributed by atoms with E-state index in [2.05, 4.69) is 52.7 Å². The second-order valence-corrected chi connectivity index (χ2v) is 9.20. The van der Waals surface area contributed by atoms with Crippen LogP contribution >= 0.6 is 0 Å². The normalized spacial score (nSPS) is 19.8. The molecule has 2 unspecified atom stereocenters. The summed E-state index contributed by atoms with van der Waals surface area (Å²) >= 11 is 0. The SMILES string of the molecule is COCCCOc1ccc(C2CCNCC2OCc2ccc3c(c2)N(CCCOC)CCO3)cc1. The number of fused-ring (bicyclic) bond motifs is 1. The lowest BCUT2D eigenvalue weighted by Crippen LogP contribution is -2.41. The second-order valence-electron chi connectivity index (χ2n) is 9.20. The summed E-state index contributed by atoms with van der Waals surface area (Å²) in [4.78, 5) is 2.39. The topological polar surface area (TPSA) is 61.4 Å². The molecule has 2 aromatic rings. The number of methoxy groups -OCH3 is 2. The van der Waals surface area contributed by atoms with Gasteiger partial charge in [0.05, 0.1) is 31.5 Å². The highest BCUT2D eigenvalue weighted by Gasteiger charge is 2.27. The van der Waals surface area contributed by atoms with Crippen LogP contribution < -0.4 is 19.7 Å². The molecule has 0 saturated carbocycles. The fourth-order valence-corrected chi connectivity index (χ4v) is 4.83. The first-order valence-electron chi connectivity index (χ1n) is 12.8. The zero-order valence-electron chi connectivity index (χ0n) is 21.2. The van der Waals surface area contributed by atoms with Gasteiger partial charge in [-0.15, -0.1) is 0 Å². The molecule has 0 bridgehead atoms. The molecule has 0 amide bonds. The number of anilines is 1. The van der Waals surface area contributed by atoms with Crippen LogP contribution in [-0.4, -0.2) is 72.9 Å². The van der Waals surface area contributed by atoms with Gasteiger partial charge in [-0.1, -0.05) is 18.2 Å². The fraction of sp³-hybridized carbons (Fsp3) is 0.571. The Hall–Kier alpha value is -2.32. The third kappa shape index (κ3) is 7.34. The molecule has 192 valence electrons. The van der Waals surface area contributed by atoms with Crippen molar-refractivity contribution in [2.24, 2.45) is 0 Å². The highest BCUT2D eigenvalue weighted by Crippen LogP contribution is 2.34. The lowest BCUT2D eigenvalue weighted by molar-refractivity contribution is 0.0106. The van der Waals surface area contributed by atoms with Crippen LogP contribution in [0.15, 0.2) is 42.5 Å². The summed E-state index contributed by atoms with van der Waals surface area (Å²) in [7, 11) is 3.47. The Morgan fingerprint density at radius 1 is 1.00 bits per heavy atom. The van der Waals surface area contributed by atoms with E-state index in [1.807, 2.05) is 0 Å². The summed E-state index contributed by atoms with van der Waals surface area (Å²) in [6.07, 6.45) is 3.08. The maximum absolute atomic E-state index is 6.50. The van der Waals surface area contributed by atoms with Gasteiger partial charge in [0.2, 0.25) is 0 Å². The number of nitrogens with zero attached hydrogens (tertiary/aromatic N) is 1. The Kier molecular flexibility index (Phi) is 10.1. The van der Waals surface area contributed by atoms with Crippen molar-refractivity contribution in [1.82, 2.24) is 5.32 Å². The molecule has 7 nitrogen and oxygen atoms in total. The molecule has 0 spiro atoms. The van der Waals surface area contributed by atoms with Crippen LogP contribution in [0, 0.1) is 0 Å². The molecule has 0 aliphatic carbocycles. The Morgan fingerprint density at radius 2 is 1.83 bits per heavy atom. The van der Waals surface area contributed by atoms with Gasteiger partial charge in [-0.2, -0.15) is 0 Å². The van der Waals surface area contributed by atoms with Crippen molar-refractivity contribution in [3.63, 3.8) is 0 Å². The minimum Gasteiger partial charge on any atom is -0.494 e. The quantitative estimate of drug-likeness (QED) is 0.431. The standard InChI is InChI=1S/C28H40N2O5/c1-31-15-3-13-30-14-18-34-27-10-5-22(19-26(27)30)21-35-28-20-29-12-11-25(28)23-6-8-24(9-7-23)33-17-4-16-32-2/h5-10,19,25,28-29H,3-4,11-18,20-21H2,1-2H3. The van der Waals surface area contributed by atoms with Crippen LogP contribution in [0.3, 0.4) is 0 Å². The molecule has 1 fully saturated rings. The fourth-order valence-electron chi connectivity index (χ4n) is 4.83. The predicted octanol–water partition coefficient (Wildman–Crippen LogP) is 4.00. The molecule has 4 rings (SSSR count). The van der Waals surface area contributed by atoms with Gasteiger partial charge < -0.3 is 33.9 Å². The van der Waals surface area contributed by atoms with Crippen molar-refractivity contribution in [2.45, 2.75) is 37.9 Å².